The molecule has 6 heteroatoms. The maximum absolute atomic E-state index is 11.0. The molecule has 0 fully saturated rings. The van der Waals surface area contributed by atoms with Crippen LogP contribution in [0.15, 0.2) is 52.5 Å². The fraction of sp³-hybridized carbons (Fsp3) is 0.154. The third-order valence-electron chi connectivity index (χ3n) is 2.78. The van der Waals surface area contributed by atoms with Gasteiger partial charge in [-0.25, -0.2) is 4.98 Å². The molecular weight excluding hydrogens is 395 g/mol. The van der Waals surface area contributed by atoms with Crippen LogP contribution in [0.25, 0.3) is 0 Å². The van der Waals surface area contributed by atoms with Crippen LogP contribution in [-0.4, -0.2) is 14.7 Å². The summed E-state index contributed by atoms with van der Waals surface area (Å²) in [6, 6.07) is 7.11. The van der Waals surface area contributed by atoms with Crippen LogP contribution in [0, 0.1) is 0 Å². The predicted molar refractivity (Wildman–Crippen MR) is 83.5 cm³/mol. The van der Waals surface area contributed by atoms with Crippen molar-refractivity contribution in [2.75, 3.05) is 0 Å². The largest absolute Gasteiger partial charge is 0.378 e. The molecule has 1 atom stereocenters. The minimum absolute atomic E-state index is 0.345. The SMILES string of the molecule is OC(Cn1ccnc1)(C(Br)=CBr)c1ccc(Cl)cc1. The van der Waals surface area contributed by atoms with Gasteiger partial charge in [0.05, 0.1) is 12.9 Å². The Balaban J connectivity index is 2.42. The fourth-order valence-electron chi connectivity index (χ4n) is 1.77. The molecule has 1 aromatic carbocycles. The van der Waals surface area contributed by atoms with Gasteiger partial charge in [-0.15, -0.1) is 0 Å². The molecular formula is C13H11Br2ClN2O. The average Bonchev–Trinajstić information content (AvgIpc) is 2.91. The van der Waals surface area contributed by atoms with Gasteiger partial charge in [0.2, 0.25) is 0 Å². The van der Waals surface area contributed by atoms with Crippen LogP contribution in [0.4, 0.5) is 0 Å². The summed E-state index contributed by atoms with van der Waals surface area (Å²) in [5, 5.41) is 11.6. The molecule has 1 heterocycles. The number of nitrogens with zero attached hydrogens (tertiary/aromatic N) is 2. The smallest absolute Gasteiger partial charge is 0.139 e. The summed E-state index contributed by atoms with van der Waals surface area (Å²) in [4.78, 5) is 5.63. The van der Waals surface area contributed by atoms with Crippen LogP contribution in [0.5, 0.6) is 0 Å². The number of hydrogen-bond donors (Lipinski definition) is 1. The van der Waals surface area contributed by atoms with Gasteiger partial charge in [-0.2, -0.15) is 0 Å². The van der Waals surface area contributed by atoms with Gasteiger partial charge in [0.1, 0.15) is 5.60 Å². The Morgan fingerprint density at radius 1 is 1.42 bits per heavy atom. The van der Waals surface area contributed by atoms with Crippen LogP contribution in [0.3, 0.4) is 0 Å². The number of benzene rings is 1. The molecule has 0 aliphatic rings. The maximum atomic E-state index is 11.0. The summed E-state index contributed by atoms with van der Waals surface area (Å²) < 4.78 is 2.43. The van der Waals surface area contributed by atoms with Crippen molar-refractivity contribution in [2.45, 2.75) is 12.1 Å². The Morgan fingerprint density at radius 3 is 2.63 bits per heavy atom. The van der Waals surface area contributed by atoms with Crippen molar-refractivity contribution >= 4 is 43.5 Å². The summed E-state index contributed by atoms with van der Waals surface area (Å²) in [7, 11) is 0. The first-order chi connectivity index (χ1) is 9.06. The van der Waals surface area contributed by atoms with Crippen molar-refractivity contribution in [1.29, 1.82) is 0 Å². The highest BCUT2D eigenvalue weighted by atomic mass is 79.9. The molecule has 1 N–H and O–H groups in total. The van der Waals surface area contributed by atoms with E-state index in [0.717, 1.165) is 5.56 Å². The zero-order valence-electron chi connectivity index (χ0n) is 9.80. The highest BCUT2D eigenvalue weighted by Crippen LogP contribution is 2.36. The number of rotatable bonds is 4. The zero-order valence-corrected chi connectivity index (χ0v) is 13.7. The second-order valence-electron chi connectivity index (χ2n) is 4.06. The Labute approximate surface area is 133 Å². The van der Waals surface area contributed by atoms with E-state index in [-0.39, 0.29) is 0 Å². The standard InChI is InChI=1S/C13H11Br2ClN2O/c14-7-12(15)13(19,8-18-6-5-17-9-18)10-1-3-11(16)4-2-10/h1-7,9,19H,8H2. The van der Waals surface area contributed by atoms with Gasteiger partial charge in [0, 0.05) is 21.9 Å². The molecule has 100 valence electrons. The second kappa shape index (κ2) is 6.22. The Hall–Kier alpha value is -0.620. The lowest BCUT2D eigenvalue weighted by Gasteiger charge is -2.29. The Morgan fingerprint density at radius 2 is 2.11 bits per heavy atom. The molecule has 1 aromatic heterocycles. The fourth-order valence-corrected chi connectivity index (χ4v) is 2.62. The third kappa shape index (κ3) is 3.28. The minimum Gasteiger partial charge on any atom is -0.378 e. The third-order valence-corrected chi connectivity index (χ3v) is 4.99. The summed E-state index contributed by atoms with van der Waals surface area (Å²) in [6.07, 6.45) is 5.14. The summed E-state index contributed by atoms with van der Waals surface area (Å²) >= 11 is 12.5. The highest BCUT2D eigenvalue weighted by Gasteiger charge is 2.33. The van der Waals surface area contributed by atoms with Crippen LogP contribution < -0.4 is 0 Å². The topological polar surface area (TPSA) is 38.0 Å². The monoisotopic (exact) mass is 404 g/mol. The molecule has 0 amide bonds. The normalized spacial score (nSPS) is 15.3. The van der Waals surface area contributed by atoms with E-state index in [1.807, 2.05) is 4.57 Å². The lowest BCUT2D eigenvalue weighted by Crippen LogP contribution is -2.31. The van der Waals surface area contributed by atoms with Gasteiger partial charge < -0.3 is 9.67 Å². The van der Waals surface area contributed by atoms with Crippen LogP contribution in [-0.2, 0) is 12.1 Å². The van der Waals surface area contributed by atoms with Crippen LogP contribution in [0.1, 0.15) is 5.56 Å². The first-order valence-corrected chi connectivity index (χ1v) is 7.55. The van der Waals surface area contributed by atoms with Gasteiger partial charge in [0.15, 0.2) is 0 Å². The van der Waals surface area contributed by atoms with Crippen molar-refractivity contribution in [2.24, 2.45) is 0 Å². The number of aromatic nitrogens is 2. The lowest BCUT2D eigenvalue weighted by atomic mass is 9.94. The van der Waals surface area contributed by atoms with Crippen molar-refractivity contribution < 1.29 is 5.11 Å². The van der Waals surface area contributed by atoms with E-state index >= 15 is 0 Å². The summed E-state index contributed by atoms with van der Waals surface area (Å²) in [5.74, 6) is 0. The van der Waals surface area contributed by atoms with Crippen molar-refractivity contribution in [3.05, 3.63) is 63.0 Å². The van der Waals surface area contributed by atoms with Gasteiger partial charge in [-0.1, -0.05) is 55.6 Å². The van der Waals surface area contributed by atoms with Crippen molar-refractivity contribution in [3.63, 3.8) is 0 Å². The zero-order chi connectivity index (χ0) is 13.9. The van der Waals surface area contributed by atoms with Crippen LogP contribution in [0.2, 0.25) is 5.02 Å². The number of halogens is 3. The summed E-state index contributed by atoms with van der Waals surface area (Å²) in [6.45, 7) is 0.345. The molecule has 1 unspecified atom stereocenters. The number of imidazole rings is 1. The van der Waals surface area contributed by atoms with E-state index in [1.54, 1.807) is 48.0 Å². The Bertz CT molecular complexity index is 569. The number of hydrogen-bond acceptors (Lipinski definition) is 2. The first-order valence-electron chi connectivity index (χ1n) is 5.47. The molecule has 0 aliphatic carbocycles. The molecule has 2 rings (SSSR count). The molecule has 0 saturated heterocycles. The van der Waals surface area contributed by atoms with Gasteiger partial charge in [0.25, 0.3) is 0 Å². The van der Waals surface area contributed by atoms with Crippen molar-refractivity contribution in [1.82, 2.24) is 9.55 Å². The maximum Gasteiger partial charge on any atom is 0.139 e. The molecule has 0 bridgehead atoms. The van der Waals surface area contributed by atoms with Crippen molar-refractivity contribution in [3.8, 4) is 0 Å². The van der Waals surface area contributed by atoms with Gasteiger partial charge in [-0.05, 0) is 22.7 Å². The van der Waals surface area contributed by atoms with E-state index in [0.29, 0.717) is 16.0 Å². The Kier molecular flexibility index (Phi) is 4.84. The van der Waals surface area contributed by atoms with E-state index in [2.05, 4.69) is 36.8 Å². The van der Waals surface area contributed by atoms with E-state index in [9.17, 15) is 5.11 Å². The minimum atomic E-state index is -1.19. The highest BCUT2D eigenvalue weighted by molar-refractivity contribution is 9.14. The molecule has 0 spiro atoms. The summed E-state index contributed by atoms with van der Waals surface area (Å²) in [5.41, 5.74) is -0.442. The van der Waals surface area contributed by atoms with Gasteiger partial charge in [-0.3, -0.25) is 0 Å². The molecule has 0 saturated carbocycles. The molecule has 2 aromatic rings. The van der Waals surface area contributed by atoms with E-state index in [1.165, 1.54) is 0 Å². The van der Waals surface area contributed by atoms with E-state index < -0.39 is 5.60 Å². The lowest BCUT2D eigenvalue weighted by molar-refractivity contribution is 0.0667. The number of aliphatic hydroxyl groups is 1. The van der Waals surface area contributed by atoms with E-state index in [4.69, 9.17) is 11.6 Å². The quantitative estimate of drug-likeness (QED) is 0.832. The van der Waals surface area contributed by atoms with Gasteiger partial charge >= 0.3 is 0 Å². The second-order valence-corrected chi connectivity index (χ2v) is 5.81. The molecule has 0 aliphatic heterocycles. The predicted octanol–water partition coefficient (Wildman–Crippen LogP) is 4.06. The van der Waals surface area contributed by atoms with Crippen LogP contribution >= 0.6 is 43.5 Å². The first kappa shape index (κ1) is 14.8. The molecule has 3 nitrogen and oxygen atoms in total. The molecule has 0 radical (unpaired) electrons. The average molecular weight is 407 g/mol. The molecule has 19 heavy (non-hydrogen) atoms.